The molecule has 4 heteroatoms. The zero-order valence-corrected chi connectivity index (χ0v) is 10.6. The molecule has 94 valence electrons. The molecule has 0 atom stereocenters. The number of nitrogens with zero attached hydrogens (tertiary/aromatic N) is 2. The highest BCUT2D eigenvalue weighted by atomic mass is 19.1. The van der Waals surface area contributed by atoms with Crippen LogP contribution in [0.3, 0.4) is 0 Å². The minimum absolute atomic E-state index is 0.257. The van der Waals surface area contributed by atoms with Gasteiger partial charge in [0.25, 0.3) is 0 Å². The van der Waals surface area contributed by atoms with Gasteiger partial charge in [0.05, 0.1) is 0 Å². The highest BCUT2D eigenvalue weighted by molar-refractivity contribution is 5.55. The summed E-state index contributed by atoms with van der Waals surface area (Å²) in [6.45, 7) is 4.49. The van der Waals surface area contributed by atoms with Crippen LogP contribution in [0.15, 0.2) is 24.3 Å². The second-order valence-corrected chi connectivity index (χ2v) is 4.24. The Morgan fingerprint density at radius 1 is 1.06 bits per heavy atom. The van der Waals surface area contributed by atoms with Gasteiger partial charge in [0.2, 0.25) is 0 Å². The number of rotatable bonds is 3. The van der Waals surface area contributed by atoms with Crippen LogP contribution in [0.5, 0.6) is 0 Å². The number of hydrogen-bond acceptors (Lipinski definition) is 3. The molecule has 0 amide bonds. The SMILES string of the molecule is Cc1nc(-c2ccc(F)cc2)nc(C)c1CCN. The van der Waals surface area contributed by atoms with Crippen molar-refractivity contribution in [2.45, 2.75) is 20.3 Å². The Labute approximate surface area is 106 Å². The molecule has 1 aromatic heterocycles. The Morgan fingerprint density at radius 2 is 1.61 bits per heavy atom. The van der Waals surface area contributed by atoms with Gasteiger partial charge < -0.3 is 5.73 Å². The molecule has 0 aliphatic carbocycles. The molecule has 0 unspecified atom stereocenters. The van der Waals surface area contributed by atoms with Crippen molar-refractivity contribution in [2.75, 3.05) is 6.54 Å². The Balaban J connectivity index is 2.44. The largest absolute Gasteiger partial charge is 0.330 e. The number of hydrogen-bond donors (Lipinski definition) is 1. The highest BCUT2D eigenvalue weighted by Crippen LogP contribution is 2.19. The van der Waals surface area contributed by atoms with E-state index >= 15 is 0 Å². The fraction of sp³-hybridized carbons (Fsp3) is 0.286. The van der Waals surface area contributed by atoms with E-state index < -0.39 is 0 Å². The van der Waals surface area contributed by atoms with Crippen LogP contribution in [-0.4, -0.2) is 16.5 Å². The van der Waals surface area contributed by atoms with Crippen molar-refractivity contribution in [3.05, 3.63) is 47.0 Å². The molecule has 18 heavy (non-hydrogen) atoms. The molecule has 1 aromatic carbocycles. The molecule has 2 rings (SSSR count). The third-order valence-electron chi connectivity index (χ3n) is 2.92. The molecule has 3 nitrogen and oxygen atoms in total. The van der Waals surface area contributed by atoms with Gasteiger partial charge >= 0.3 is 0 Å². The summed E-state index contributed by atoms with van der Waals surface area (Å²) in [5.41, 5.74) is 9.36. The summed E-state index contributed by atoms with van der Waals surface area (Å²) in [4.78, 5) is 8.93. The molecule has 2 aromatic rings. The summed E-state index contributed by atoms with van der Waals surface area (Å²) in [6, 6.07) is 6.20. The van der Waals surface area contributed by atoms with E-state index in [1.54, 1.807) is 12.1 Å². The third-order valence-corrected chi connectivity index (χ3v) is 2.92. The Kier molecular flexibility index (Phi) is 3.67. The normalized spacial score (nSPS) is 10.7. The molecule has 0 fully saturated rings. The van der Waals surface area contributed by atoms with Gasteiger partial charge in [0.1, 0.15) is 5.82 Å². The molecule has 0 spiro atoms. The van der Waals surface area contributed by atoms with Gasteiger partial charge in [-0.15, -0.1) is 0 Å². The summed E-state index contributed by atoms with van der Waals surface area (Å²) >= 11 is 0. The van der Waals surface area contributed by atoms with E-state index in [2.05, 4.69) is 9.97 Å². The summed E-state index contributed by atoms with van der Waals surface area (Å²) in [5, 5.41) is 0. The number of aryl methyl sites for hydroxylation is 2. The van der Waals surface area contributed by atoms with Crippen LogP contribution < -0.4 is 5.73 Å². The lowest BCUT2D eigenvalue weighted by Crippen LogP contribution is -2.09. The van der Waals surface area contributed by atoms with Gasteiger partial charge in [0, 0.05) is 17.0 Å². The van der Waals surface area contributed by atoms with E-state index in [0.717, 1.165) is 28.9 Å². The Bertz CT molecular complexity index is 526. The molecule has 0 saturated carbocycles. The maximum absolute atomic E-state index is 12.9. The van der Waals surface area contributed by atoms with Crippen molar-refractivity contribution in [1.29, 1.82) is 0 Å². The van der Waals surface area contributed by atoms with Gasteiger partial charge in [-0.3, -0.25) is 0 Å². The van der Waals surface area contributed by atoms with Gasteiger partial charge in [-0.05, 0) is 56.6 Å². The van der Waals surface area contributed by atoms with Crippen molar-refractivity contribution >= 4 is 0 Å². The van der Waals surface area contributed by atoms with Crippen LogP contribution in [-0.2, 0) is 6.42 Å². The van der Waals surface area contributed by atoms with Gasteiger partial charge in [-0.1, -0.05) is 0 Å². The Hall–Kier alpha value is -1.81. The van der Waals surface area contributed by atoms with E-state index in [4.69, 9.17) is 5.73 Å². The zero-order chi connectivity index (χ0) is 13.1. The first-order chi connectivity index (χ1) is 8.61. The van der Waals surface area contributed by atoms with E-state index in [9.17, 15) is 4.39 Å². The molecule has 0 aliphatic rings. The van der Waals surface area contributed by atoms with E-state index in [1.807, 2.05) is 13.8 Å². The molecule has 2 N–H and O–H groups in total. The first kappa shape index (κ1) is 12.6. The van der Waals surface area contributed by atoms with Gasteiger partial charge in [0.15, 0.2) is 5.82 Å². The highest BCUT2D eigenvalue weighted by Gasteiger charge is 2.09. The standard InChI is InChI=1S/C14H16FN3/c1-9-13(7-8-16)10(2)18-14(17-9)11-3-5-12(15)6-4-11/h3-6H,7-8,16H2,1-2H3. The first-order valence-corrected chi connectivity index (χ1v) is 5.92. The van der Waals surface area contributed by atoms with Crippen LogP contribution in [0.2, 0.25) is 0 Å². The van der Waals surface area contributed by atoms with Crippen molar-refractivity contribution in [3.63, 3.8) is 0 Å². The molecule has 0 bridgehead atoms. The van der Waals surface area contributed by atoms with E-state index in [1.165, 1.54) is 12.1 Å². The predicted molar refractivity (Wildman–Crippen MR) is 69.7 cm³/mol. The average molecular weight is 245 g/mol. The molecule has 0 radical (unpaired) electrons. The van der Waals surface area contributed by atoms with Crippen molar-refractivity contribution in [2.24, 2.45) is 5.73 Å². The Morgan fingerprint density at radius 3 is 2.11 bits per heavy atom. The minimum Gasteiger partial charge on any atom is -0.330 e. The average Bonchev–Trinajstić information content (AvgIpc) is 2.34. The van der Waals surface area contributed by atoms with Gasteiger partial charge in [-0.25, -0.2) is 14.4 Å². The molecule has 1 heterocycles. The monoisotopic (exact) mass is 245 g/mol. The topological polar surface area (TPSA) is 51.8 Å². The summed E-state index contributed by atoms with van der Waals surface area (Å²) in [7, 11) is 0. The second-order valence-electron chi connectivity index (χ2n) is 4.24. The molecule has 0 saturated heterocycles. The molecular formula is C14H16FN3. The van der Waals surface area contributed by atoms with Crippen molar-refractivity contribution < 1.29 is 4.39 Å². The first-order valence-electron chi connectivity index (χ1n) is 5.92. The molecular weight excluding hydrogens is 229 g/mol. The lowest BCUT2D eigenvalue weighted by molar-refractivity contribution is 0.628. The van der Waals surface area contributed by atoms with Crippen LogP contribution in [0.25, 0.3) is 11.4 Å². The fourth-order valence-electron chi connectivity index (χ4n) is 1.97. The lowest BCUT2D eigenvalue weighted by atomic mass is 10.1. The van der Waals surface area contributed by atoms with Crippen LogP contribution in [0.4, 0.5) is 4.39 Å². The van der Waals surface area contributed by atoms with Crippen molar-refractivity contribution in [3.8, 4) is 11.4 Å². The van der Waals surface area contributed by atoms with E-state index in [-0.39, 0.29) is 5.82 Å². The predicted octanol–water partition coefficient (Wildman–Crippen LogP) is 2.40. The second kappa shape index (κ2) is 5.23. The van der Waals surface area contributed by atoms with Crippen LogP contribution >= 0.6 is 0 Å². The maximum Gasteiger partial charge on any atom is 0.159 e. The number of halogens is 1. The van der Waals surface area contributed by atoms with Crippen molar-refractivity contribution in [1.82, 2.24) is 9.97 Å². The molecule has 0 aliphatic heterocycles. The lowest BCUT2D eigenvalue weighted by Gasteiger charge is -2.10. The fourth-order valence-corrected chi connectivity index (χ4v) is 1.97. The maximum atomic E-state index is 12.9. The zero-order valence-electron chi connectivity index (χ0n) is 10.6. The minimum atomic E-state index is -0.257. The van der Waals surface area contributed by atoms with Crippen LogP contribution in [0.1, 0.15) is 17.0 Å². The number of nitrogens with two attached hydrogens (primary N) is 1. The third kappa shape index (κ3) is 2.54. The van der Waals surface area contributed by atoms with Crippen LogP contribution in [0, 0.1) is 19.7 Å². The quantitative estimate of drug-likeness (QED) is 0.903. The number of aromatic nitrogens is 2. The smallest absolute Gasteiger partial charge is 0.159 e. The summed E-state index contributed by atoms with van der Waals surface area (Å²) in [5.74, 6) is 0.373. The number of benzene rings is 1. The summed E-state index contributed by atoms with van der Waals surface area (Å²) < 4.78 is 12.9. The summed E-state index contributed by atoms with van der Waals surface area (Å²) in [6.07, 6.45) is 0.779. The van der Waals surface area contributed by atoms with Gasteiger partial charge in [-0.2, -0.15) is 0 Å². The van der Waals surface area contributed by atoms with E-state index in [0.29, 0.717) is 12.4 Å².